The summed E-state index contributed by atoms with van der Waals surface area (Å²) >= 11 is 0. The summed E-state index contributed by atoms with van der Waals surface area (Å²) in [6, 6.07) is 1.73. The van der Waals surface area contributed by atoms with Crippen LogP contribution in [0.3, 0.4) is 0 Å². The van der Waals surface area contributed by atoms with Gasteiger partial charge in [0.15, 0.2) is 0 Å². The molecule has 0 saturated carbocycles. The first kappa shape index (κ1) is 15.3. The Morgan fingerprint density at radius 3 is 2.88 bits per heavy atom. The van der Waals surface area contributed by atoms with Crippen LogP contribution in [0.5, 0.6) is 0 Å². The molecule has 0 bridgehead atoms. The highest BCUT2D eigenvalue weighted by Gasteiger charge is 2.47. The van der Waals surface area contributed by atoms with Crippen molar-refractivity contribution in [3.05, 3.63) is 34.9 Å². The maximum Gasteiger partial charge on any atom is 0.272 e. The Labute approximate surface area is 139 Å². The molecule has 0 unspecified atom stereocenters. The Bertz CT molecular complexity index is 776. The Balaban J connectivity index is 1.59. The number of aliphatic hydroxyl groups is 1. The Morgan fingerprint density at radius 2 is 2.21 bits per heavy atom. The number of likely N-dealkylation sites (tertiary alicyclic amines) is 1. The van der Waals surface area contributed by atoms with Gasteiger partial charge in [0.25, 0.3) is 5.91 Å². The van der Waals surface area contributed by atoms with Gasteiger partial charge in [-0.15, -0.1) is 0 Å². The van der Waals surface area contributed by atoms with E-state index in [2.05, 4.69) is 15.3 Å². The van der Waals surface area contributed by atoms with Crippen molar-refractivity contribution in [1.29, 1.82) is 0 Å². The lowest BCUT2D eigenvalue weighted by atomic mass is 9.89. The number of amides is 1. The number of aromatic amines is 1. The van der Waals surface area contributed by atoms with Crippen molar-refractivity contribution in [2.75, 3.05) is 13.1 Å². The average Bonchev–Trinajstić information content (AvgIpc) is 3.11. The summed E-state index contributed by atoms with van der Waals surface area (Å²) in [6.07, 6.45) is 2.21. The molecule has 0 spiro atoms. The van der Waals surface area contributed by atoms with Gasteiger partial charge in [-0.25, -0.2) is 0 Å². The summed E-state index contributed by atoms with van der Waals surface area (Å²) in [7, 11) is 1.78. The molecule has 2 N–H and O–H groups in total. The van der Waals surface area contributed by atoms with Crippen LogP contribution in [0.2, 0.25) is 0 Å². The standard InChI is InChI=1S/C16H21N5O3/c1-9-6-11-13(10(2)24-9)19-20(3)14(11)15(22)21-7-16(23,8-21)12-4-5-17-18-12/h4-5,9-10,23H,6-8H2,1-3H3,(H,17,18)/t9-,10+/m1/s1. The van der Waals surface area contributed by atoms with Crippen molar-refractivity contribution >= 4 is 5.91 Å². The number of carbonyl (C=O) groups is 1. The normalized spacial score (nSPS) is 25.2. The van der Waals surface area contributed by atoms with Gasteiger partial charge >= 0.3 is 0 Å². The molecule has 8 heteroatoms. The van der Waals surface area contributed by atoms with Crippen molar-refractivity contribution < 1.29 is 14.6 Å². The molecule has 8 nitrogen and oxygen atoms in total. The van der Waals surface area contributed by atoms with Crippen LogP contribution < -0.4 is 0 Å². The number of H-pyrrole nitrogens is 1. The largest absolute Gasteiger partial charge is 0.380 e. The fourth-order valence-electron chi connectivity index (χ4n) is 3.70. The van der Waals surface area contributed by atoms with Crippen LogP contribution in [0, 0.1) is 0 Å². The molecule has 2 aliphatic rings. The Hall–Kier alpha value is -2.19. The second-order valence-electron chi connectivity index (χ2n) is 6.79. The highest BCUT2D eigenvalue weighted by Crippen LogP contribution is 2.35. The zero-order valence-electron chi connectivity index (χ0n) is 14.0. The van der Waals surface area contributed by atoms with E-state index in [1.165, 1.54) is 0 Å². The van der Waals surface area contributed by atoms with Crippen molar-refractivity contribution in [2.24, 2.45) is 7.05 Å². The molecular weight excluding hydrogens is 310 g/mol. The number of aromatic nitrogens is 4. The number of nitrogens with zero attached hydrogens (tertiary/aromatic N) is 4. The first-order chi connectivity index (χ1) is 11.4. The summed E-state index contributed by atoms with van der Waals surface area (Å²) < 4.78 is 7.43. The number of rotatable bonds is 2. The number of hydrogen-bond donors (Lipinski definition) is 2. The molecular formula is C16H21N5O3. The first-order valence-corrected chi connectivity index (χ1v) is 8.12. The predicted octanol–water partition coefficient (Wildman–Crippen LogP) is 0.509. The molecule has 4 heterocycles. The third-order valence-corrected chi connectivity index (χ3v) is 4.89. The monoisotopic (exact) mass is 331 g/mol. The quantitative estimate of drug-likeness (QED) is 0.836. The van der Waals surface area contributed by atoms with Crippen LogP contribution in [-0.2, 0) is 23.8 Å². The summed E-state index contributed by atoms with van der Waals surface area (Å²) in [5, 5.41) is 21.7. The van der Waals surface area contributed by atoms with Crippen LogP contribution in [0.1, 0.15) is 47.4 Å². The number of fused-ring (bicyclic) bond motifs is 1. The molecule has 1 amide bonds. The molecule has 2 aromatic rings. The van der Waals surface area contributed by atoms with Gasteiger partial charge in [-0.1, -0.05) is 0 Å². The smallest absolute Gasteiger partial charge is 0.272 e. The van der Waals surface area contributed by atoms with Crippen LogP contribution in [-0.4, -0.2) is 55.1 Å². The number of β-amino-alcohol motifs (C(OH)–C–C–N with tert-alkyl or cyclic N) is 1. The second-order valence-corrected chi connectivity index (χ2v) is 6.79. The Morgan fingerprint density at radius 1 is 1.46 bits per heavy atom. The lowest BCUT2D eigenvalue weighted by molar-refractivity contribution is -0.0896. The SMILES string of the molecule is C[C@@H]1Cc2c(nn(C)c2C(=O)N2CC(O)(c3ccn[nH]3)C2)[C@H](C)O1. The predicted molar refractivity (Wildman–Crippen MR) is 84.3 cm³/mol. The molecule has 128 valence electrons. The lowest BCUT2D eigenvalue weighted by Crippen LogP contribution is -2.61. The minimum atomic E-state index is -1.05. The van der Waals surface area contributed by atoms with Crippen LogP contribution >= 0.6 is 0 Å². The average molecular weight is 331 g/mol. The van der Waals surface area contributed by atoms with E-state index in [9.17, 15) is 9.90 Å². The van der Waals surface area contributed by atoms with E-state index in [0.29, 0.717) is 17.8 Å². The number of ether oxygens (including phenoxy) is 1. The van der Waals surface area contributed by atoms with Gasteiger partial charge in [-0.2, -0.15) is 10.2 Å². The van der Waals surface area contributed by atoms with Gasteiger partial charge in [0.1, 0.15) is 11.3 Å². The fourth-order valence-corrected chi connectivity index (χ4v) is 3.70. The summed E-state index contributed by atoms with van der Waals surface area (Å²) in [6.45, 7) is 4.45. The summed E-state index contributed by atoms with van der Waals surface area (Å²) in [5.41, 5.74) is 1.98. The minimum absolute atomic E-state index is 0.0570. The van der Waals surface area contributed by atoms with Gasteiger partial charge in [0.2, 0.25) is 0 Å². The molecule has 1 saturated heterocycles. The summed E-state index contributed by atoms with van der Waals surface area (Å²) in [4.78, 5) is 14.6. The van der Waals surface area contributed by atoms with Gasteiger partial charge in [-0.05, 0) is 19.9 Å². The molecule has 0 aromatic carbocycles. The van der Waals surface area contributed by atoms with Gasteiger partial charge < -0.3 is 14.7 Å². The molecule has 2 atom stereocenters. The van der Waals surface area contributed by atoms with Crippen molar-refractivity contribution in [3.8, 4) is 0 Å². The third kappa shape index (κ3) is 2.17. The number of hydrogen-bond acceptors (Lipinski definition) is 5. The summed E-state index contributed by atoms with van der Waals surface area (Å²) in [5.74, 6) is -0.100. The van der Waals surface area contributed by atoms with E-state index < -0.39 is 5.60 Å². The zero-order valence-corrected chi connectivity index (χ0v) is 14.0. The van der Waals surface area contributed by atoms with Crippen molar-refractivity contribution in [3.63, 3.8) is 0 Å². The maximum atomic E-state index is 12.9. The van der Waals surface area contributed by atoms with Crippen molar-refractivity contribution in [2.45, 2.75) is 38.1 Å². The van der Waals surface area contributed by atoms with E-state index in [0.717, 1.165) is 11.3 Å². The Kier molecular flexibility index (Phi) is 3.29. The van der Waals surface area contributed by atoms with Crippen LogP contribution in [0.15, 0.2) is 12.3 Å². The van der Waals surface area contributed by atoms with Gasteiger partial charge in [0.05, 0.1) is 36.7 Å². The topological polar surface area (TPSA) is 96.3 Å². The molecule has 24 heavy (non-hydrogen) atoms. The molecule has 0 aliphatic carbocycles. The molecule has 2 aromatic heterocycles. The van der Waals surface area contributed by atoms with Crippen LogP contribution in [0.4, 0.5) is 0 Å². The molecule has 0 radical (unpaired) electrons. The van der Waals surface area contributed by atoms with E-state index in [4.69, 9.17) is 4.74 Å². The van der Waals surface area contributed by atoms with E-state index in [1.54, 1.807) is 28.9 Å². The fraction of sp³-hybridized carbons (Fsp3) is 0.562. The second kappa shape index (κ2) is 5.15. The highest BCUT2D eigenvalue weighted by molar-refractivity contribution is 5.95. The number of aryl methyl sites for hydroxylation is 1. The third-order valence-electron chi connectivity index (χ3n) is 4.89. The van der Waals surface area contributed by atoms with E-state index in [-0.39, 0.29) is 31.2 Å². The molecule has 1 fully saturated rings. The minimum Gasteiger partial charge on any atom is -0.380 e. The number of nitrogens with one attached hydrogen (secondary N) is 1. The van der Waals surface area contributed by atoms with E-state index in [1.807, 2.05) is 13.8 Å². The number of carbonyl (C=O) groups excluding carboxylic acids is 1. The lowest BCUT2D eigenvalue weighted by Gasteiger charge is -2.45. The van der Waals surface area contributed by atoms with Crippen LogP contribution in [0.25, 0.3) is 0 Å². The van der Waals surface area contributed by atoms with Crippen molar-refractivity contribution in [1.82, 2.24) is 24.9 Å². The molecule has 2 aliphatic heterocycles. The van der Waals surface area contributed by atoms with Gasteiger partial charge in [0, 0.05) is 25.2 Å². The highest BCUT2D eigenvalue weighted by atomic mass is 16.5. The maximum absolute atomic E-state index is 12.9. The molecule has 4 rings (SSSR count). The van der Waals surface area contributed by atoms with Gasteiger partial charge in [-0.3, -0.25) is 14.6 Å². The first-order valence-electron chi connectivity index (χ1n) is 8.12. The van der Waals surface area contributed by atoms with E-state index >= 15 is 0 Å². The zero-order chi connectivity index (χ0) is 17.1.